The zero-order chi connectivity index (χ0) is 9.14. The maximum Gasteiger partial charge on any atom is 0.508 e. The van der Waals surface area contributed by atoms with Gasteiger partial charge in [-0.1, -0.05) is 0 Å². The number of aromatic nitrogens is 1. The molecule has 4 nitrogen and oxygen atoms in total. The van der Waals surface area contributed by atoms with Crippen LogP contribution in [0.1, 0.15) is 5.56 Å². The molecule has 0 aliphatic carbocycles. The third kappa shape index (κ3) is 1.75. The maximum atomic E-state index is 8.76. The summed E-state index contributed by atoms with van der Waals surface area (Å²) in [6.45, 7) is 1.81. The van der Waals surface area contributed by atoms with Crippen LogP contribution in [0.2, 0.25) is 0 Å². The van der Waals surface area contributed by atoms with Crippen molar-refractivity contribution in [2.75, 3.05) is 7.11 Å². The number of hydrogen-bond acceptors (Lipinski definition) is 4. The van der Waals surface area contributed by atoms with Gasteiger partial charge in [0.2, 0.25) is 0 Å². The molecule has 0 saturated carbocycles. The van der Waals surface area contributed by atoms with E-state index in [0.29, 0.717) is 5.75 Å². The van der Waals surface area contributed by atoms with E-state index in [9.17, 15) is 0 Å². The molecule has 0 saturated heterocycles. The molecule has 0 aromatic carbocycles. The van der Waals surface area contributed by atoms with E-state index in [0.717, 1.165) is 5.56 Å². The van der Waals surface area contributed by atoms with Crippen molar-refractivity contribution in [3.8, 4) is 5.75 Å². The van der Waals surface area contributed by atoms with Crippen molar-refractivity contribution in [1.82, 2.24) is 4.98 Å². The Kier molecular flexibility index (Phi) is 2.67. The molecular weight excluding hydrogens is 157 g/mol. The van der Waals surface area contributed by atoms with Gasteiger partial charge in [-0.2, -0.15) is 0 Å². The molecule has 0 aliphatic heterocycles. The van der Waals surface area contributed by atoms with E-state index < -0.39 is 7.12 Å². The average molecular weight is 167 g/mol. The number of aryl methyl sites for hydroxylation is 1. The summed E-state index contributed by atoms with van der Waals surface area (Å²) in [5.41, 5.74) is 1.06. The molecule has 0 aliphatic rings. The summed E-state index contributed by atoms with van der Waals surface area (Å²) >= 11 is 0. The van der Waals surface area contributed by atoms with Gasteiger partial charge in [-0.3, -0.25) is 4.98 Å². The van der Waals surface area contributed by atoms with Crippen LogP contribution in [0.4, 0.5) is 0 Å². The summed E-state index contributed by atoms with van der Waals surface area (Å²) in [5, 5.41) is 17.5. The highest BCUT2D eigenvalue weighted by Crippen LogP contribution is 2.12. The lowest BCUT2D eigenvalue weighted by Gasteiger charge is -2.05. The number of nitrogens with zero attached hydrogens (tertiary/aromatic N) is 1. The van der Waals surface area contributed by atoms with Crippen LogP contribution in [0.5, 0.6) is 5.75 Å². The van der Waals surface area contributed by atoms with Crippen molar-refractivity contribution >= 4 is 12.7 Å². The van der Waals surface area contributed by atoms with Crippen LogP contribution in [0.3, 0.4) is 0 Å². The highest BCUT2D eigenvalue weighted by Gasteiger charge is 2.13. The van der Waals surface area contributed by atoms with Gasteiger partial charge < -0.3 is 14.8 Å². The van der Waals surface area contributed by atoms with Crippen molar-refractivity contribution < 1.29 is 14.8 Å². The first kappa shape index (κ1) is 9.03. The largest absolute Gasteiger partial charge is 0.508 e. The maximum absolute atomic E-state index is 8.76. The molecule has 0 amide bonds. The van der Waals surface area contributed by atoms with E-state index >= 15 is 0 Å². The fraction of sp³-hybridized carbons (Fsp3) is 0.286. The number of hydrogen-bond donors (Lipinski definition) is 2. The monoisotopic (exact) mass is 167 g/mol. The molecule has 1 aromatic heterocycles. The Hall–Kier alpha value is -1.07. The Morgan fingerprint density at radius 3 is 2.58 bits per heavy atom. The Bertz CT molecular complexity index is 277. The van der Waals surface area contributed by atoms with Crippen LogP contribution in [0.15, 0.2) is 12.3 Å². The number of methoxy groups -OCH3 is 1. The number of ether oxygens (including phenoxy) is 1. The number of pyridine rings is 1. The topological polar surface area (TPSA) is 62.6 Å². The second-order valence-electron chi connectivity index (χ2n) is 2.45. The Morgan fingerprint density at radius 1 is 1.50 bits per heavy atom. The van der Waals surface area contributed by atoms with Crippen LogP contribution in [0, 0.1) is 6.92 Å². The second-order valence-corrected chi connectivity index (χ2v) is 2.45. The van der Waals surface area contributed by atoms with Gasteiger partial charge in [0.25, 0.3) is 0 Å². The predicted molar refractivity (Wildman–Crippen MR) is 45.4 cm³/mol. The molecule has 0 radical (unpaired) electrons. The second kappa shape index (κ2) is 3.56. The summed E-state index contributed by atoms with van der Waals surface area (Å²) in [6.07, 6.45) is 1.46. The van der Waals surface area contributed by atoms with Gasteiger partial charge in [0.05, 0.1) is 18.9 Å². The molecule has 1 heterocycles. The van der Waals surface area contributed by atoms with Crippen molar-refractivity contribution in [2.45, 2.75) is 6.92 Å². The van der Waals surface area contributed by atoms with Crippen LogP contribution in [-0.2, 0) is 0 Å². The third-order valence-corrected chi connectivity index (χ3v) is 1.57. The minimum atomic E-state index is -1.52. The van der Waals surface area contributed by atoms with Crippen molar-refractivity contribution in [1.29, 1.82) is 0 Å². The lowest BCUT2D eigenvalue weighted by Crippen LogP contribution is -2.32. The summed E-state index contributed by atoms with van der Waals surface area (Å²) < 4.78 is 4.95. The van der Waals surface area contributed by atoms with E-state index in [-0.39, 0.29) is 5.59 Å². The van der Waals surface area contributed by atoms with E-state index in [2.05, 4.69) is 4.98 Å². The Morgan fingerprint density at radius 2 is 2.17 bits per heavy atom. The van der Waals surface area contributed by atoms with Crippen molar-refractivity contribution in [3.63, 3.8) is 0 Å². The Labute approximate surface area is 71.0 Å². The van der Waals surface area contributed by atoms with Gasteiger partial charge in [-0.05, 0) is 18.6 Å². The molecule has 2 N–H and O–H groups in total. The van der Waals surface area contributed by atoms with E-state index in [1.165, 1.54) is 6.20 Å². The van der Waals surface area contributed by atoms with Crippen molar-refractivity contribution in [3.05, 3.63) is 17.8 Å². The molecule has 0 unspecified atom stereocenters. The average Bonchev–Trinajstić information content (AvgIpc) is 2.04. The van der Waals surface area contributed by atoms with Crippen LogP contribution < -0.4 is 10.3 Å². The normalized spacial score (nSPS) is 9.67. The van der Waals surface area contributed by atoms with E-state index in [1.807, 2.05) is 6.92 Å². The first-order chi connectivity index (χ1) is 5.65. The molecule has 0 fully saturated rings. The minimum Gasteiger partial charge on any atom is -0.495 e. The summed E-state index contributed by atoms with van der Waals surface area (Å²) in [4.78, 5) is 3.78. The fourth-order valence-electron chi connectivity index (χ4n) is 0.920. The van der Waals surface area contributed by atoms with Crippen LogP contribution in [-0.4, -0.2) is 29.3 Å². The van der Waals surface area contributed by atoms with E-state index in [1.54, 1.807) is 13.2 Å². The SMILES string of the molecule is COc1cnc(B(O)O)cc1C. The van der Waals surface area contributed by atoms with Gasteiger partial charge in [-0.15, -0.1) is 0 Å². The summed E-state index contributed by atoms with van der Waals surface area (Å²) in [7, 11) is 0.0219. The summed E-state index contributed by atoms with van der Waals surface area (Å²) in [5.74, 6) is 0.638. The molecule has 12 heavy (non-hydrogen) atoms. The molecule has 0 atom stereocenters. The van der Waals surface area contributed by atoms with Gasteiger partial charge in [-0.25, -0.2) is 0 Å². The molecular formula is C7H10BNO3. The zero-order valence-corrected chi connectivity index (χ0v) is 6.98. The quantitative estimate of drug-likeness (QED) is 0.559. The van der Waals surface area contributed by atoms with Crippen LogP contribution in [0.25, 0.3) is 0 Å². The molecule has 0 spiro atoms. The lowest BCUT2D eigenvalue weighted by atomic mass is 9.85. The lowest BCUT2D eigenvalue weighted by molar-refractivity contribution is 0.408. The minimum absolute atomic E-state index is 0.230. The molecule has 1 aromatic rings. The zero-order valence-electron chi connectivity index (χ0n) is 6.98. The standard InChI is InChI=1S/C7H10BNO3/c1-5-3-7(8(10)11)9-4-6(5)12-2/h3-4,10-11H,1-2H3. The molecule has 64 valence electrons. The Balaban J connectivity index is 3.02. The highest BCUT2D eigenvalue weighted by atomic mass is 16.5. The van der Waals surface area contributed by atoms with Crippen molar-refractivity contribution in [2.24, 2.45) is 0 Å². The van der Waals surface area contributed by atoms with E-state index in [4.69, 9.17) is 14.8 Å². The van der Waals surface area contributed by atoms with Gasteiger partial charge in [0, 0.05) is 0 Å². The molecule has 5 heteroatoms. The molecule has 1 rings (SSSR count). The predicted octanol–water partition coefficient (Wildman–Crippen LogP) is -0.922. The van der Waals surface area contributed by atoms with Gasteiger partial charge in [0.15, 0.2) is 0 Å². The van der Waals surface area contributed by atoms with Gasteiger partial charge >= 0.3 is 7.12 Å². The summed E-state index contributed by atoms with van der Waals surface area (Å²) in [6, 6.07) is 1.57. The first-order valence-corrected chi connectivity index (χ1v) is 3.52. The third-order valence-electron chi connectivity index (χ3n) is 1.57. The molecule has 0 bridgehead atoms. The highest BCUT2D eigenvalue weighted by molar-refractivity contribution is 6.57. The fourth-order valence-corrected chi connectivity index (χ4v) is 0.920. The number of rotatable bonds is 2. The van der Waals surface area contributed by atoms with Gasteiger partial charge in [0.1, 0.15) is 5.75 Å². The smallest absolute Gasteiger partial charge is 0.495 e. The first-order valence-electron chi connectivity index (χ1n) is 3.52. The van der Waals surface area contributed by atoms with Crippen LogP contribution >= 0.6 is 0 Å².